The molecule has 4 heteroatoms. The fraction of sp³-hybridized carbons (Fsp3) is 0.474. The zero-order chi connectivity index (χ0) is 17.7. The van der Waals surface area contributed by atoms with Crippen molar-refractivity contribution >= 4 is 14.1 Å². The lowest BCUT2D eigenvalue weighted by atomic mass is 10.1. The second kappa shape index (κ2) is 13.3. The summed E-state index contributed by atoms with van der Waals surface area (Å²) in [6.07, 6.45) is 0.829. The fourth-order valence-corrected chi connectivity index (χ4v) is 3.00. The van der Waals surface area contributed by atoms with Gasteiger partial charge in [-0.3, -0.25) is 0 Å². The van der Waals surface area contributed by atoms with Crippen LogP contribution >= 0.6 is 8.38 Å². The molecule has 1 aromatic carbocycles. The van der Waals surface area contributed by atoms with E-state index < -0.39 is 8.38 Å². The summed E-state index contributed by atoms with van der Waals surface area (Å²) in [4.78, 5) is 0. The molecule has 1 aromatic rings. The summed E-state index contributed by atoms with van der Waals surface area (Å²) in [5.41, 5.74) is 4.35. The van der Waals surface area contributed by atoms with Gasteiger partial charge in [-0.2, -0.15) is 0 Å². The monoisotopic (exact) mass is 337 g/mol. The van der Waals surface area contributed by atoms with Gasteiger partial charge in [0.15, 0.2) is 8.38 Å². The van der Waals surface area contributed by atoms with E-state index in [0.29, 0.717) is 13.2 Å². The Morgan fingerprint density at radius 3 is 2.00 bits per heavy atom. The molecule has 130 valence electrons. The SMILES string of the molecule is C=C(C)C(=C)CNc1ccc(CP(OCC)OCC)cc1.CC. The minimum Gasteiger partial charge on any atom is -0.381 e. The average Bonchev–Trinajstić information content (AvgIpc) is 2.56. The van der Waals surface area contributed by atoms with Crippen molar-refractivity contribution < 1.29 is 9.05 Å². The Hall–Kier alpha value is -1.15. The summed E-state index contributed by atoms with van der Waals surface area (Å²) in [7, 11) is -0.820. The van der Waals surface area contributed by atoms with Gasteiger partial charge in [-0.15, -0.1) is 0 Å². The summed E-state index contributed by atoms with van der Waals surface area (Å²) in [5, 5.41) is 3.34. The molecule has 1 N–H and O–H groups in total. The first-order chi connectivity index (χ1) is 11.1. The first-order valence-electron chi connectivity index (χ1n) is 8.26. The smallest absolute Gasteiger partial charge is 0.175 e. The number of hydrogen-bond acceptors (Lipinski definition) is 3. The summed E-state index contributed by atoms with van der Waals surface area (Å²) < 4.78 is 11.3. The van der Waals surface area contributed by atoms with Gasteiger partial charge in [0.2, 0.25) is 0 Å². The van der Waals surface area contributed by atoms with E-state index in [1.165, 1.54) is 5.56 Å². The van der Waals surface area contributed by atoms with E-state index in [-0.39, 0.29) is 0 Å². The van der Waals surface area contributed by atoms with E-state index in [1.54, 1.807) is 0 Å². The normalized spacial score (nSPS) is 10.0. The minimum atomic E-state index is -0.820. The lowest BCUT2D eigenvalue weighted by Crippen LogP contribution is -2.04. The molecule has 0 radical (unpaired) electrons. The van der Waals surface area contributed by atoms with Gasteiger partial charge in [0.05, 0.1) is 13.2 Å². The van der Waals surface area contributed by atoms with E-state index in [2.05, 4.69) is 42.7 Å². The van der Waals surface area contributed by atoms with Crippen molar-refractivity contribution in [3.05, 3.63) is 54.1 Å². The lowest BCUT2D eigenvalue weighted by Gasteiger charge is -2.16. The summed E-state index contributed by atoms with van der Waals surface area (Å²) in [6.45, 7) is 19.9. The van der Waals surface area contributed by atoms with Crippen molar-refractivity contribution in [3.8, 4) is 0 Å². The molecule has 3 nitrogen and oxygen atoms in total. The van der Waals surface area contributed by atoms with Crippen LogP contribution in [0.25, 0.3) is 0 Å². The van der Waals surface area contributed by atoms with E-state index >= 15 is 0 Å². The van der Waals surface area contributed by atoms with Gasteiger partial charge in [-0.05, 0) is 44.0 Å². The molecular weight excluding hydrogens is 305 g/mol. The molecular formula is C19H32NO2P. The van der Waals surface area contributed by atoms with Gasteiger partial charge in [0.1, 0.15) is 0 Å². The van der Waals surface area contributed by atoms with Crippen LogP contribution in [0.15, 0.2) is 48.6 Å². The zero-order valence-corrected chi connectivity index (χ0v) is 16.2. The van der Waals surface area contributed by atoms with Gasteiger partial charge in [0.25, 0.3) is 0 Å². The maximum Gasteiger partial charge on any atom is 0.175 e. The Labute approximate surface area is 143 Å². The quantitative estimate of drug-likeness (QED) is 0.411. The Morgan fingerprint density at radius 1 is 1.04 bits per heavy atom. The van der Waals surface area contributed by atoms with E-state index in [1.807, 2.05) is 34.6 Å². The predicted molar refractivity (Wildman–Crippen MR) is 104 cm³/mol. The van der Waals surface area contributed by atoms with Gasteiger partial charge < -0.3 is 14.4 Å². The number of benzene rings is 1. The average molecular weight is 337 g/mol. The Morgan fingerprint density at radius 2 is 1.57 bits per heavy atom. The molecule has 0 atom stereocenters. The molecule has 0 spiro atoms. The van der Waals surface area contributed by atoms with Crippen molar-refractivity contribution in [3.63, 3.8) is 0 Å². The van der Waals surface area contributed by atoms with Crippen molar-refractivity contribution in [1.29, 1.82) is 0 Å². The highest BCUT2D eigenvalue weighted by atomic mass is 31.2. The molecule has 0 saturated carbocycles. The molecule has 0 fully saturated rings. The van der Waals surface area contributed by atoms with Crippen LogP contribution in [-0.4, -0.2) is 19.8 Å². The van der Waals surface area contributed by atoms with Crippen LogP contribution in [0.4, 0.5) is 5.69 Å². The number of nitrogens with one attached hydrogen (secondary N) is 1. The van der Waals surface area contributed by atoms with Gasteiger partial charge >= 0.3 is 0 Å². The van der Waals surface area contributed by atoms with Crippen molar-refractivity contribution in [2.45, 2.75) is 40.8 Å². The van der Waals surface area contributed by atoms with Gasteiger partial charge in [-0.25, -0.2) is 0 Å². The number of hydrogen-bond donors (Lipinski definition) is 1. The Bertz CT molecular complexity index is 451. The standard InChI is InChI=1S/C17H26NO2P.C2H6/c1-6-19-21(20-7-2)13-16-8-10-17(11-9-16)18-12-15(5)14(3)4;1-2/h8-11,18H,3,5-7,12-13H2,1-2,4H3;1-2H3. The highest BCUT2D eigenvalue weighted by Crippen LogP contribution is 2.41. The first kappa shape index (κ1) is 21.9. The van der Waals surface area contributed by atoms with Crippen LogP contribution in [0, 0.1) is 0 Å². The molecule has 23 heavy (non-hydrogen) atoms. The highest BCUT2D eigenvalue weighted by Gasteiger charge is 2.10. The number of anilines is 1. The largest absolute Gasteiger partial charge is 0.381 e. The van der Waals surface area contributed by atoms with Crippen LogP contribution in [0.2, 0.25) is 0 Å². The molecule has 0 unspecified atom stereocenters. The van der Waals surface area contributed by atoms with E-state index in [0.717, 1.165) is 29.5 Å². The van der Waals surface area contributed by atoms with Crippen LogP contribution in [0.1, 0.15) is 40.2 Å². The summed E-state index contributed by atoms with van der Waals surface area (Å²) in [5.74, 6) is 0. The number of rotatable bonds is 10. The van der Waals surface area contributed by atoms with Crippen LogP contribution < -0.4 is 5.32 Å². The molecule has 0 heterocycles. The van der Waals surface area contributed by atoms with E-state index in [9.17, 15) is 0 Å². The van der Waals surface area contributed by atoms with Gasteiger partial charge in [-0.1, -0.05) is 44.7 Å². The molecule has 0 aliphatic rings. The zero-order valence-electron chi connectivity index (χ0n) is 15.3. The molecule has 0 bridgehead atoms. The van der Waals surface area contributed by atoms with Crippen LogP contribution in [-0.2, 0) is 15.2 Å². The second-order valence-corrected chi connectivity index (χ2v) is 6.26. The molecule has 0 aliphatic carbocycles. The molecule has 0 aromatic heterocycles. The van der Waals surface area contributed by atoms with Crippen molar-refractivity contribution in [1.82, 2.24) is 0 Å². The van der Waals surface area contributed by atoms with Crippen LogP contribution in [0.3, 0.4) is 0 Å². The van der Waals surface area contributed by atoms with E-state index in [4.69, 9.17) is 9.05 Å². The maximum atomic E-state index is 5.63. The Kier molecular flexibility index (Phi) is 12.6. The van der Waals surface area contributed by atoms with Crippen LogP contribution in [0.5, 0.6) is 0 Å². The molecule has 0 amide bonds. The van der Waals surface area contributed by atoms with Crippen molar-refractivity contribution in [2.75, 3.05) is 25.1 Å². The second-order valence-electron chi connectivity index (χ2n) is 4.76. The highest BCUT2D eigenvalue weighted by molar-refractivity contribution is 7.46. The first-order valence-corrected chi connectivity index (χ1v) is 9.62. The third-order valence-electron chi connectivity index (χ3n) is 2.92. The lowest BCUT2D eigenvalue weighted by molar-refractivity contribution is 0.268. The maximum absolute atomic E-state index is 5.63. The summed E-state index contributed by atoms with van der Waals surface area (Å²) in [6, 6.07) is 8.37. The molecule has 0 saturated heterocycles. The third-order valence-corrected chi connectivity index (χ3v) is 4.64. The Balaban J connectivity index is 0.00000232. The summed E-state index contributed by atoms with van der Waals surface area (Å²) >= 11 is 0. The van der Waals surface area contributed by atoms with Gasteiger partial charge in [0, 0.05) is 18.4 Å². The molecule has 0 aliphatic heterocycles. The molecule has 1 rings (SSSR count). The topological polar surface area (TPSA) is 30.5 Å². The fourth-order valence-electron chi connectivity index (χ4n) is 1.65. The minimum absolute atomic E-state index is 0.689. The van der Waals surface area contributed by atoms with Crippen molar-refractivity contribution in [2.24, 2.45) is 0 Å². The third kappa shape index (κ3) is 9.55. The predicted octanol–water partition coefficient (Wildman–Crippen LogP) is 6.14.